The van der Waals surface area contributed by atoms with Crippen LogP contribution in [-0.4, -0.2) is 16.0 Å². The van der Waals surface area contributed by atoms with Gasteiger partial charge in [0, 0.05) is 6.92 Å². The fourth-order valence-electron chi connectivity index (χ4n) is 3.54. The highest BCUT2D eigenvalue weighted by Gasteiger charge is 2.43. The molecule has 128 valence electrons. The molecule has 3 rings (SSSR count). The van der Waals surface area contributed by atoms with Crippen molar-refractivity contribution in [2.75, 3.05) is 0 Å². The summed E-state index contributed by atoms with van der Waals surface area (Å²) in [6.45, 7) is 5.13. The van der Waals surface area contributed by atoms with E-state index >= 15 is 0 Å². The standard InChI is InChI=1S/C18H22FN3O2/c1-12(23)21-17(2,3)15-20-16(24-22-15)18(10-4-5-11-18)13-6-8-14(19)9-7-13/h6-9H,4-5,10-11H2,1-3H3,(H,21,23). The average Bonchev–Trinajstić information content (AvgIpc) is 3.17. The van der Waals surface area contributed by atoms with Crippen LogP contribution in [0.5, 0.6) is 0 Å². The molecule has 1 heterocycles. The highest BCUT2D eigenvalue weighted by atomic mass is 19.1. The molecule has 1 aromatic carbocycles. The summed E-state index contributed by atoms with van der Waals surface area (Å²) in [6, 6.07) is 6.52. The van der Waals surface area contributed by atoms with Crippen molar-refractivity contribution in [3.63, 3.8) is 0 Å². The summed E-state index contributed by atoms with van der Waals surface area (Å²) in [6.07, 6.45) is 3.90. The summed E-state index contributed by atoms with van der Waals surface area (Å²) in [5.41, 5.74) is -0.0875. The molecule has 6 heteroatoms. The minimum atomic E-state index is -0.712. The highest BCUT2D eigenvalue weighted by Crippen LogP contribution is 2.46. The van der Waals surface area contributed by atoms with Gasteiger partial charge >= 0.3 is 0 Å². The number of hydrogen-bond donors (Lipinski definition) is 1. The van der Waals surface area contributed by atoms with Gasteiger partial charge in [0.15, 0.2) is 5.82 Å². The van der Waals surface area contributed by atoms with Crippen molar-refractivity contribution >= 4 is 5.91 Å². The molecule has 1 fully saturated rings. The Labute approximate surface area is 140 Å². The van der Waals surface area contributed by atoms with Crippen LogP contribution in [0.15, 0.2) is 28.8 Å². The Kier molecular flexibility index (Phi) is 4.15. The normalized spacial score (nSPS) is 17.0. The van der Waals surface area contributed by atoms with E-state index in [4.69, 9.17) is 4.52 Å². The molecule has 0 unspecified atom stereocenters. The second-order valence-corrected chi connectivity index (χ2v) is 7.03. The Bertz CT molecular complexity index is 731. The van der Waals surface area contributed by atoms with Crippen molar-refractivity contribution < 1.29 is 13.7 Å². The van der Waals surface area contributed by atoms with Crippen LogP contribution in [0.4, 0.5) is 4.39 Å². The number of carbonyl (C=O) groups is 1. The van der Waals surface area contributed by atoms with E-state index in [1.165, 1.54) is 19.1 Å². The number of halogens is 1. The van der Waals surface area contributed by atoms with Crippen LogP contribution in [-0.2, 0) is 15.7 Å². The smallest absolute Gasteiger partial charge is 0.237 e. The minimum absolute atomic E-state index is 0.152. The van der Waals surface area contributed by atoms with E-state index < -0.39 is 5.54 Å². The largest absolute Gasteiger partial charge is 0.344 e. The van der Waals surface area contributed by atoms with Gasteiger partial charge in [-0.25, -0.2) is 4.39 Å². The van der Waals surface area contributed by atoms with E-state index in [2.05, 4.69) is 15.5 Å². The molecule has 5 nitrogen and oxygen atoms in total. The second kappa shape index (κ2) is 6.00. The lowest BCUT2D eigenvalue weighted by atomic mass is 9.78. The third-order valence-corrected chi connectivity index (χ3v) is 4.74. The quantitative estimate of drug-likeness (QED) is 0.932. The predicted molar refractivity (Wildman–Crippen MR) is 86.8 cm³/mol. The number of benzene rings is 1. The zero-order chi connectivity index (χ0) is 17.4. The van der Waals surface area contributed by atoms with Crippen molar-refractivity contribution in [1.82, 2.24) is 15.5 Å². The summed E-state index contributed by atoms with van der Waals surface area (Å²) >= 11 is 0. The molecule has 1 aliphatic rings. The molecule has 1 amide bonds. The van der Waals surface area contributed by atoms with Crippen molar-refractivity contribution in [2.45, 2.75) is 57.4 Å². The Morgan fingerprint density at radius 2 is 1.88 bits per heavy atom. The van der Waals surface area contributed by atoms with Gasteiger partial charge in [0.25, 0.3) is 0 Å². The fraction of sp³-hybridized carbons (Fsp3) is 0.500. The molecule has 1 aromatic heterocycles. The first-order valence-corrected chi connectivity index (χ1v) is 8.23. The SMILES string of the molecule is CC(=O)NC(C)(C)c1noc(C2(c3ccc(F)cc3)CCCC2)n1. The van der Waals surface area contributed by atoms with Crippen LogP contribution in [0.25, 0.3) is 0 Å². The van der Waals surface area contributed by atoms with Gasteiger partial charge in [-0.15, -0.1) is 0 Å². The summed E-state index contributed by atoms with van der Waals surface area (Å²) in [7, 11) is 0. The Balaban J connectivity index is 1.99. The molecule has 0 spiro atoms. The van der Waals surface area contributed by atoms with E-state index in [0.717, 1.165) is 31.2 Å². The maximum Gasteiger partial charge on any atom is 0.237 e. The van der Waals surface area contributed by atoms with Crippen LogP contribution in [0, 0.1) is 5.82 Å². The molecule has 0 bridgehead atoms. The van der Waals surface area contributed by atoms with Gasteiger partial charge in [0.2, 0.25) is 11.8 Å². The van der Waals surface area contributed by atoms with Crippen LogP contribution < -0.4 is 5.32 Å². The van der Waals surface area contributed by atoms with E-state index in [0.29, 0.717) is 11.7 Å². The van der Waals surface area contributed by atoms with Crippen molar-refractivity contribution in [1.29, 1.82) is 0 Å². The third kappa shape index (κ3) is 2.92. The van der Waals surface area contributed by atoms with Crippen molar-refractivity contribution in [3.8, 4) is 0 Å². The lowest BCUT2D eigenvalue weighted by Crippen LogP contribution is -2.40. The Hall–Kier alpha value is -2.24. The van der Waals surface area contributed by atoms with Gasteiger partial charge in [0.1, 0.15) is 5.82 Å². The van der Waals surface area contributed by atoms with E-state index in [9.17, 15) is 9.18 Å². The van der Waals surface area contributed by atoms with E-state index in [1.807, 2.05) is 13.8 Å². The molecule has 2 aromatic rings. The molecule has 0 saturated heterocycles. The van der Waals surface area contributed by atoms with Gasteiger partial charge in [0.05, 0.1) is 11.0 Å². The summed E-state index contributed by atoms with van der Waals surface area (Å²) in [5, 5.41) is 6.92. The minimum Gasteiger partial charge on any atom is -0.344 e. The van der Waals surface area contributed by atoms with Gasteiger partial charge in [-0.3, -0.25) is 4.79 Å². The molecule has 0 atom stereocenters. The molecule has 1 aliphatic carbocycles. The lowest BCUT2D eigenvalue weighted by Gasteiger charge is -2.25. The number of nitrogens with one attached hydrogen (secondary N) is 1. The summed E-state index contributed by atoms with van der Waals surface area (Å²) in [4.78, 5) is 16.0. The topological polar surface area (TPSA) is 68.0 Å². The van der Waals surface area contributed by atoms with E-state index in [1.54, 1.807) is 12.1 Å². The number of hydrogen-bond acceptors (Lipinski definition) is 4. The number of rotatable bonds is 4. The highest BCUT2D eigenvalue weighted by molar-refractivity contribution is 5.73. The lowest BCUT2D eigenvalue weighted by molar-refractivity contribution is -0.120. The zero-order valence-electron chi connectivity index (χ0n) is 14.2. The maximum absolute atomic E-state index is 13.3. The van der Waals surface area contributed by atoms with Crippen LogP contribution in [0.2, 0.25) is 0 Å². The van der Waals surface area contributed by atoms with Crippen LogP contribution in [0.3, 0.4) is 0 Å². The molecule has 0 aliphatic heterocycles. The Morgan fingerprint density at radius 3 is 2.46 bits per heavy atom. The van der Waals surface area contributed by atoms with Gasteiger partial charge in [-0.05, 0) is 44.4 Å². The summed E-state index contributed by atoms with van der Waals surface area (Å²) < 4.78 is 18.9. The first kappa shape index (κ1) is 16.6. The Morgan fingerprint density at radius 1 is 1.25 bits per heavy atom. The second-order valence-electron chi connectivity index (χ2n) is 7.03. The van der Waals surface area contributed by atoms with Gasteiger partial charge in [-0.2, -0.15) is 4.98 Å². The average molecular weight is 331 g/mol. The first-order chi connectivity index (χ1) is 11.3. The molecular weight excluding hydrogens is 309 g/mol. The third-order valence-electron chi connectivity index (χ3n) is 4.74. The molecule has 1 saturated carbocycles. The molecule has 24 heavy (non-hydrogen) atoms. The van der Waals surface area contributed by atoms with Gasteiger partial charge in [-0.1, -0.05) is 30.1 Å². The molecule has 1 N–H and O–H groups in total. The molecule has 0 radical (unpaired) electrons. The van der Waals surface area contributed by atoms with Crippen LogP contribution >= 0.6 is 0 Å². The number of nitrogens with zero attached hydrogens (tertiary/aromatic N) is 2. The van der Waals surface area contributed by atoms with Crippen LogP contribution in [0.1, 0.15) is 63.7 Å². The zero-order valence-corrected chi connectivity index (χ0v) is 14.2. The predicted octanol–water partition coefficient (Wildman–Crippen LogP) is 3.44. The number of aromatic nitrogens is 2. The number of amides is 1. The number of carbonyl (C=O) groups excluding carboxylic acids is 1. The monoisotopic (exact) mass is 331 g/mol. The fourth-order valence-corrected chi connectivity index (χ4v) is 3.54. The van der Waals surface area contributed by atoms with Crippen molar-refractivity contribution in [2.24, 2.45) is 0 Å². The van der Waals surface area contributed by atoms with Gasteiger partial charge < -0.3 is 9.84 Å². The first-order valence-electron chi connectivity index (χ1n) is 8.23. The maximum atomic E-state index is 13.3. The van der Waals surface area contributed by atoms with Crippen molar-refractivity contribution in [3.05, 3.63) is 47.4 Å². The molecular formula is C18H22FN3O2. The van der Waals surface area contributed by atoms with E-state index in [-0.39, 0.29) is 17.1 Å². The summed E-state index contributed by atoms with van der Waals surface area (Å²) in [5.74, 6) is 0.575.